The molecule has 11 nitrogen and oxygen atoms in total. The third kappa shape index (κ3) is 5.12. The zero-order chi connectivity index (χ0) is 30.0. The monoisotopic (exact) mass is 590 g/mol. The van der Waals surface area contributed by atoms with Crippen LogP contribution >= 0.6 is 0 Å². The Hall–Kier alpha value is -4.63. The smallest absolute Gasteiger partial charge is 0.471 e. The number of pyridine rings is 1. The molecule has 2 amide bonds. The molecular weight excluding hydrogens is 567 g/mol. The number of nitrogens with zero attached hydrogens (tertiary/aromatic N) is 7. The number of carbonyl (C=O) groups is 2. The summed E-state index contributed by atoms with van der Waals surface area (Å²) < 4.78 is 75.7. The van der Waals surface area contributed by atoms with Gasteiger partial charge in [-0.2, -0.15) is 23.4 Å². The Morgan fingerprint density at radius 2 is 1.93 bits per heavy atom. The van der Waals surface area contributed by atoms with Crippen molar-refractivity contribution in [3.05, 3.63) is 54.1 Å². The van der Waals surface area contributed by atoms with Crippen molar-refractivity contribution in [1.29, 1.82) is 0 Å². The molecule has 1 saturated heterocycles. The second-order valence-electron chi connectivity index (χ2n) is 10.4. The van der Waals surface area contributed by atoms with E-state index in [4.69, 9.17) is 4.74 Å². The van der Waals surface area contributed by atoms with Crippen molar-refractivity contribution in [3.63, 3.8) is 0 Å². The maximum Gasteiger partial charge on any atom is 0.471 e. The van der Waals surface area contributed by atoms with Gasteiger partial charge in [0.05, 0.1) is 25.5 Å². The van der Waals surface area contributed by atoms with Gasteiger partial charge in [-0.3, -0.25) is 19.3 Å². The molecule has 0 spiro atoms. The normalized spacial score (nSPS) is 21.5. The summed E-state index contributed by atoms with van der Waals surface area (Å²) in [5, 5.41) is 11.2. The molecule has 42 heavy (non-hydrogen) atoms. The van der Waals surface area contributed by atoms with Gasteiger partial charge in [-0.1, -0.05) is 6.07 Å². The third-order valence-electron chi connectivity index (χ3n) is 7.22. The lowest BCUT2D eigenvalue weighted by atomic mass is 10.2. The van der Waals surface area contributed by atoms with Crippen LogP contribution in [-0.4, -0.2) is 77.4 Å². The van der Waals surface area contributed by atoms with E-state index >= 15 is 0 Å². The van der Waals surface area contributed by atoms with E-state index in [9.17, 15) is 31.5 Å². The molecular formula is C26H23F5N8O3. The lowest BCUT2D eigenvalue weighted by Crippen LogP contribution is -2.40. The lowest BCUT2D eigenvalue weighted by Gasteiger charge is -2.19. The molecule has 0 aromatic carbocycles. The molecule has 1 N–H and O–H groups in total. The van der Waals surface area contributed by atoms with Gasteiger partial charge in [0.25, 0.3) is 0 Å². The summed E-state index contributed by atoms with van der Waals surface area (Å²) in [7, 11) is 1.51. The number of anilines is 1. The molecule has 0 radical (unpaired) electrons. The zero-order valence-electron chi connectivity index (χ0n) is 22.1. The first-order chi connectivity index (χ1) is 19.8. The van der Waals surface area contributed by atoms with E-state index in [0.29, 0.717) is 12.1 Å². The summed E-state index contributed by atoms with van der Waals surface area (Å²) in [4.78, 5) is 33.1. The fraction of sp³-hybridized carbons (Fsp3) is 0.385. The number of hydrogen-bond acceptors (Lipinski definition) is 7. The molecule has 5 heterocycles. The van der Waals surface area contributed by atoms with Crippen molar-refractivity contribution < 1.29 is 36.3 Å². The molecule has 3 atom stereocenters. The molecule has 4 aromatic rings. The van der Waals surface area contributed by atoms with Gasteiger partial charge in [-0.25, -0.2) is 18.3 Å². The molecule has 1 aliphatic heterocycles. The Labute approximate surface area is 234 Å². The number of likely N-dealkylation sites (tertiary alicyclic amines) is 1. The van der Waals surface area contributed by atoms with Gasteiger partial charge in [0, 0.05) is 30.8 Å². The second kappa shape index (κ2) is 9.73. The summed E-state index contributed by atoms with van der Waals surface area (Å²) in [6, 6.07) is 6.97. The standard InChI is InChI=1S/C26H23F5N8O3/c1-13-3-4-16(32-8-13)14-7-15(14)23(40)35-20-11-39-21(34-20)6-5-17(36-39)22-18(9-33-37(22)2)42-19-10-38(12-25(19,27)28)24(41)26(29,30)31/h3-6,8-9,11,14-15,19H,7,10,12H2,1-2H3,(H,35,40)/t14-,15+,19-/m1/s1. The highest BCUT2D eigenvalue weighted by Crippen LogP contribution is 2.47. The molecule has 2 fully saturated rings. The highest BCUT2D eigenvalue weighted by molar-refractivity contribution is 5.94. The highest BCUT2D eigenvalue weighted by Gasteiger charge is 2.56. The fourth-order valence-electron chi connectivity index (χ4n) is 4.96. The Morgan fingerprint density at radius 1 is 1.14 bits per heavy atom. The number of ether oxygens (including phenoxy) is 1. The van der Waals surface area contributed by atoms with Gasteiger partial charge in [-0.15, -0.1) is 0 Å². The van der Waals surface area contributed by atoms with Gasteiger partial charge in [0.1, 0.15) is 11.4 Å². The lowest BCUT2D eigenvalue weighted by molar-refractivity contribution is -0.185. The number of amides is 2. The first-order valence-electron chi connectivity index (χ1n) is 12.8. The van der Waals surface area contributed by atoms with Crippen molar-refractivity contribution in [1.82, 2.24) is 34.3 Å². The van der Waals surface area contributed by atoms with Gasteiger partial charge >= 0.3 is 18.0 Å². The number of aromatic nitrogens is 6. The van der Waals surface area contributed by atoms with Gasteiger partial charge < -0.3 is 15.0 Å². The number of alkyl halides is 5. The molecule has 220 valence electrons. The van der Waals surface area contributed by atoms with E-state index in [1.54, 1.807) is 12.3 Å². The Morgan fingerprint density at radius 3 is 2.64 bits per heavy atom. The van der Waals surface area contributed by atoms with Gasteiger partial charge in [0.2, 0.25) is 5.91 Å². The predicted octanol–water partition coefficient (Wildman–Crippen LogP) is 3.36. The van der Waals surface area contributed by atoms with Crippen LogP contribution in [0.2, 0.25) is 0 Å². The largest absolute Gasteiger partial charge is 0.478 e. The van der Waals surface area contributed by atoms with Crippen LogP contribution in [0.5, 0.6) is 5.75 Å². The molecule has 0 unspecified atom stereocenters. The second-order valence-corrected chi connectivity index (χ2v) is 10.4. The number of imidazole rings is 1. The third-order valence-corrected chi connectivity index (χ3v) is 7.22. The number of rotatable bonds is 6. The Balaban J connectivity index is 1.18. The van der Waals surface area contributed by atoms with Crippen LogP contribution in [0.3, 0.4) is 0 Å². The van der Waals surface area contributed by atoms with Crippen molar-refractivity contribution in [2.75, 3.05) is 18.4 Å². The maximum atomic E-state index is 14.6. The fourth-order valence-corrected chi connectivity index (χ4v) is 4.96. The van der Waals surface area contributed by atoms with Crippen LogP contribution in [-0.2, 0) is 16.6 Å². The van der Waals surface area contributed by atoms with Crippen molar-refractivity contribution in [3.8, 4) is 17.1 Å². The number of nitrogens with one attached hydrogen (secondary N) is 1. The summed E-state index contributed by atoms with van der Waals surface area (Å²) in [5.74, 6) is -6.41. The minimum atomic E-state index is -5.29. The predicted molar refractivity (Wildman–Crippen MR) is 136 cm³/mol. The van der Waals surface area contributed by atoms with E-state index in [-0.39, 0.29) is 45.6 Å². The summed E-state index contributed by atoms with van der Waals surface area (Å²) in [6.45, 7) is -0.452. The van der Waals surface area contributed by atoms with Crippen molar-refractivity contribution in [2.24, 2.45) is 13.0 Å². The van der Waals surface area contributed by atoms with E-state index < -0.39 is 37.2 Å². The van der Waals surface area contributed by atoms with Crippen LogP contribution in [0.25, 0.3) is 17.0 Å². The maximum absolute atomic E-state index is 14.6. The summed E-state index contributed by atoms with van der Waals surface area (Å²) in [6.07, 6.45) is -2.27. The molecule has 1 saturated carbocycles. The molecule has 16 heteroatoms. The van der Waals surface area contributed by atoms with E-state index in [1.165, 1.54) is 28.5 Å². The van der Waals surface area contributed by atoms with Crippen LogP contribution in [0.4, 0.5) is 27.8 Å². The number of carbonyl (C=O) groups excluding carboxylic acids is 2. The molecule has 0 bridgehead atoms. The van der Waals surface area contributed by atoms with Crippen LogP contribution in [0, 0.1) is 12.8 Å². The SMILES string of the molecule is Cc1ccc([C@@H]2C[C@@H]2C(=O)Nc2cn3nc(-c4c(O[C@@H]5CN(C(=O)C(F)(F)F)CC5(F)F)cnn4C)ccc3n2)nc1. The van der Waals surface area contributed by atoms with Crippen molar-refractivity contribution >= 4 is 23.3 Å². The highest BCUT2D eigenvalue weighted by atomic mass is 19.4. The molecule has 6 rings (SSSR count). The zero-order valence-corrected chi connectivity index (χ0v) is 22.1. The Bertz CT molecular complexity index is 1680. The quantitative estimate of drug-likeness (QED) is 0.342. The number of halogens is 5. The molecule has 1 aliphatic carbocycles. The molecule has 2 aliphatic rings. The topological polar surface area (TPSA) is 120 Å². The van der Waals surface area contributed by atoms with E-state index in [1.807, 2.05) is 19.1 Å². The van der Waals surface area contributed by atoms with Gasteiger partial charge in [-0.05, 0) is 37.1 Å². The van der Waals surface area contributed by atoms with Crippen molar-refractivity contribution in [2.45, 2.75) is 37.5 Å². The van der Waals surface area contributed by atoms with Crippen LogP contribution < -0.4 is 10.1 Å². The number of hydrogen-bond donors (Lipinski definition) is 1. The molecule has 4 aromatic heterocycles. The van der Waals surface area contributed by atoms with E-state index in [0.717, 1.165) is 17.5 Å². The Kier molecular flexibility index (Phi) is 6.38. The summed E-state index contributed by atoms with van der Waals surface area (Å²) in [5.41, 5.74) is 2.66. The number of aryl methyl sites for hydroxylation is 2. The minimum Gasteiger partial charge on any atom is -0.478 e. The van der Waals surface area contributed by atoms with E-state index in [2.05, 4.69) is 25.5 Å². The van der Waals surface area contributed by atoms with Crippen LogP contribution in [0.15, 0.2) is 42.9 Å². The summed E-state index contributed by atoms with van der Waals surface area (Å²) >= 11 is 0. The average molecular weight is 591 g/mol. The average Bonchev–Trinajstić information content (AvgIpc) is 3.37. The minimum absolute atomic E-state index is 0.0213. The number of fused-ring (bicyclic) bond motifs is 1. The first kappa shape index (κ1) is 27.5. The van der Waals surface area contributed by atoms with Gasteiger partial charge in [0.15, 0.2) is 23.3 Å². The van der Waals surface area contributed by atoms with Crippen LogP contribution in [0.1, 0.15) is 23.6 Å². The first-order valence-corrected chi connectivity index (χ1v) is 12.8.